The number of aromatic nitrogens is 3. The van der Waals surface area contributed by atoms with Crippen LogP contribution in [-0.4, -0.2) is 32.1 Å². The quantitative estimate of drug-likeness (QED) is 0.795. The van der Waals surface area contributed by atoms with Crippen LogP contribution in [0.3, 0.4) is 0 Å². The first-order valence-electron chi connectivity index (χ1n) is 7.68. The zero-order valence-corrected chi connectivity index (χ0v) is 14.5. The van der Waals surface area contributed by atoms with Gasteiger partial charge >= 0.3 is 0 Å². The van der Waals surface area contributed by atoms with E-state index in [1.54, 1.807) is 0 Å². The highest BCUT2D eigenvalue weighted by molar-refractivity contribution is 7.99. The topological polar surface area (TPSA) is 42.2 Å². The van der Waals surface area contributed by atoms with Crippen LogP contribution >= 0.6 is 11.8 Å². The summed E-state index contributed by atoms with van der Waals surface area (Å²) in [5, 5.41) is 8.19. The summed E-state index contributed by atoms with van der Waals surface area (Å²) in [5.41, 5.74) is 4.32. The van der Waals surface area contributed by atoms with E-state index in [0.29, 0.717) is 6.04 Å². The fourth-order valence-corrected chi connectivity index (χ4v) is 3.41. The van der Waals surface area contributed by atoms with Gasteiger partial charge in [-0.3, -0.25) is 0 Å². The summed E-state index contributed by atoms with van der Waals surface area (Å²) in [6.45, 7) is 10.8. The molecule has 0 saturated carbocycles. The first kappa shape index (κ1) is 16.3. The molecule has 2 heterocycles. The second kappa shape index (κ2) is 7.27. The summed E-state index contributed by atoms with van der Waals surface area (Å²) >= 11 is 2.00. The molecule has 21 heavy (non-hydrogen) atoms. The Hall–Kier alpha value is -1.07. The van der Waals surface area contributed by atoms with Gasteiger partial charge in [-0.05, 0) is 45.6 Å². The second-order valence-corrected chi connectivity index (χ2v) is 7.02. The number of hydrogen-bond acceptors (Lipinski definition) is 4. The zero-order chi connectivity index (χ0) is 15.4. The molecule has 1 N–H and O–H groups in total. The van der Waals surface area contributed by atoms with E-state index in [1.807, 2.05) is 35.5 Å². The summed E-state index contributed by atoms with van der Waals surface area (Å²) in [5.74, 6) is 2.41. The van der Waals surface area contributed by atoms with Gasteiger partial charge in [0.1, 0.15) is 0 Å². The van der Waals surface area contributed by atoms with Gasteiger partial charge in [-0.1, -0.05) is 6.92 Å². The van der Waals surface area contributed by atoms with Crippen molar-refractivity contribution in [1.29, 1.82) is 0 Å². The van der Waals surface area contributed by atoms with Gasteiger partial charge in [-0.25, -0.2) is 9.50 Å². The molecule has 0 saturated heterocycles. The molecule has 0 aliphatic heterocycles. The lowest BCUT2D eigenvalue weighted by molar-refractivity contribution is 0.467. The lowest BCUT2D eigenvalue weighted by Crippen LogP contribution is -2.30. The summed E-state index contributed by atoms with van der Waals surface area (Å²) < 4.78 is 1.94. The van der Waals surface area contributed by atoms with E-state index in [4.69, 9.17) is 0 Å². The van der Waals surface area contributed by atoms with Crippen LogP contribution in [0.5, 0.6) is 0 Å². The number of nitrogens with one attached hydrogen (secondary N) is 1. The summed E-state index contributed by atoms with van der Waals surface area (Å²) in [6, 6.07) is 2.81. The highest BCUT2D eigenvalue weighted by Crippen LogP contribution is 2.19. The van der Waals surface area contributed by atoms with Gasteiger partial charge in [-0.15, -0.1) is 0 Å². The monoisotopic (exact) mass is 306 g/mol. The van der Waals surface area contributed by atoms with Crippen molar-refractivity contribution in [2.45, 2.75) is 53.1 Å². The van der Waals surface area contributed by atoms with Crippen LogP contribution in [0.1, 0.15) is 50.2 Å². The van der Waals surface area contributed by atoms with Crippen molar-refractivity contribution in [3.8, 4) is 0 Å². The smallest absolute Gasteiger partial charge is 0.155 e. The number of aryl methyl sites for hydroxylation is 2. The minimum absolute atomic E-state index is 0.285. The average Bonchev–Trinajstić information content (AvgIpc) is 2.81. The maximum absolute atomic E-state index is 4.52. The van der Waals surface area contributed by atoms with Crippen molar-refractivity contribution < 1.29 is 0 Å². The molecule has 4 nitrogen and oxygen atoms in total. The Labute approximate surface area is 131 Å². The Morgan fingerprint density at radius 2 is 2.10 bits per heavy atom. The van der Waals surface area contributed by atoms with Gasteiger partial charge in [0.05, 0.1) is 5.69 Å². The minimum Gasteiger partial charge on any atom is -0.308 e. The SMILES string of the molecule is CCSCCC(C)NC(C)c1cnc2cc(C)nn2c1C. The number of fused-ring (bicyclic) bond motifs is 1. The molecule has 0 radical (unpaired) electrons. The number of hydrogen-bond donors (Lipinski definition) is 1. The maximum Gasteiger partial charge on any atom is 0.155 e. The zero-order valence-electron chi connectivity index (χ0n) is 13.7. The molecule has 0 aromatic carbocycles. The van der Waals surface area contributed by atoms with E-state index < -0.39 is 0 Å². The molecule has 2 aromatic heterocycles. The van der Waals surface area contributed by atoms with Crippen molar-refractivity contribution in [1.82, 2.24) is 19.9 Å². The Bertz CT molecular complexity index is 593. The van der Waals surface area contributed by atoms with E-state index in [0.717, 1.165) is 11.3 Å². The van der Waals surface area contributed by atoms with E-state index in [2.05, 4.69) is 43.1 Å². The van der Waals surface area contributed by atoms with E-state index in [-0.39, 0.29) is 6.04 Å². The van der Waals surface area contributed by atoms with Crippen molar-refractivity contribution in [2.75, 3.05) is 11.5 Å². The Morgan fingerprint density at radius 3 is 2.81 bits per heavy atom. The van der Waals surface area contributed by atoms with Gasteiger partial charge < -0.3 is 5.32 Å². The molecule has 0 spiro atoms. The van der Waals surface area contributed by atoms with Crippen LogP contribution < -0.4 is 5.32 Å². The van der Waals surface area contributed by atoms with E-state index >= 15 is 0 Å². The molecule has 2 atom stereocenters. The Morgan fingerprint density at radius 1 is 1.33 bits per heavy atom. The van der Waals surface area contributed by atoms with Gasteiger partial charge in [-0.2, -0.15) is 16.9 Å². The molecular formula is C16H26N4S. The molecule has 2 rings (SSSR count). The largest absolute Gasteiger partial charge is 0.308 e. The molecule has 0 aliphatic rings. The summed E-state index contributed by atoms with van der Waals surface area (Å²) in [6.07, 6.45) is 3.18. The predicted octanol–water partition coefficient (Wildman–Crippen LogP) is 3.53. The van der Waals surface area contributed by atoms with E-state index in [1.165, 1.54) is 29.2 Å². The molecule has 116 valence electrons. The highest BCUT2D eigenvalue weighted by Gasteiger charge is 2.14. The van der Waals surface area contributed by atoms with Crippen molar-refractivity contribution >= 4 is 17.4 Å². The maximum atomic E-state index is 4.52. The van der Waals surface area contributed by atoms with Crippen LogP contribution in [0.4, 0.5) is 0 Å². The van der Waals surface area contributed by atoms with Crippen molar-refractivity contribution in [2.24, 2.45) is 0 Å². The van der Waals surface area contributed by atoms with Crippen LogP contribution in [0.25, 0.3) is 5.65 Å². The fraction of sp³-hybridized carbons (Fsp3) is 0.625. The van der Waals surface area contributed by atoms with Crippen molar-refractivity contribution in [3.05, 3.63) is 29.2 Å². The lowest BCUT2D eigenvalue weighted by Gasteiger charge is -2.21. The van der Waals surface area contributed by atoms with E-state index in [9.17, 15) is 0 Å². The van der Waals surface area contributed by atoms with Gasteiger partial charge in [0.2, 0.25) is 0 Å². The molecular weight excluding hydrogens is 280 g/mol. The van der Waals surface area contributed by atoms with Gasteiger partial charge in [0.15, 0.2) is 5.65 Å². The summed E-state index contributed by atoms with van der Waals surface area (Å²) in [7, 11) is 0. The standard InChI is InChI=1S/C16H26N4S/c1-6-21-8-7-11(2)18-13(4)15-10-17-16-9-12(3)19-20(16)14(15)5/h9-11,13,18H,6-8H2,1-5H3. The van der Waals surface area contributed by atoms with Gasteiger partial charge in [0.25, 0.3) is 0 Å². The van der Waals surface area contributed by atoms with Crippen molar-refractivity contribution in [3.63, 3.8) is 0 Å². The molecule has 2 aromatic rings. The van der Waals surface area contributed by atoms with Crippen LogP contribution in [0.15, 0.2) is 12.3 Å². The predicted molar refractivity (Wildman–Crippen MR) is 91.1 cm³/mol. The Balaban J connectivity index is 2.08. The third-order valence-corrected chi connectivity index (χ3v) is 4.72. The highest BCUT2D eigenvalue weighted by atomic mass is 32.2. The second-order valence-electron chi connectivity index (χ2n) is 5.63. The first-order valence-corrected chi connectivity index (χ1v) is 8.84. The molecule has 2 unspecified atom stereocenters. The van der Waals surface area contributed by atoms with Crippen LogP contribution in [0, 0.1) is 13.8 Å². The Kier molecular flexibility index (Phi) is 5.65. The lowest BCUT2D eigenvalue weighted by atomic mass is 10.1. The minimum atomic E-state index is 0.285. The molecule has 0 aliphatic carbocycles. The van der Waals surface area contributed by atoms with Gasteiger partial charge in [0, 0.05) is 35.6 Å². The molecule has 0 fully saturated rings. The number of rotatable bonds is 7. The summed E-state index contributed by atoms with van der Waals surface area (Å²) in [4.78, 5) is 4.52. The fourth-order valence-electron chi connectivity index (χ4n) is 2.61. The third-order valence-electron chi connectivity index (χ3n) is 3.78. The molecule has 0 bridgehead atoms. The molecule has 5 heteroatoms. The average molecular weight is 306 g/mol. The van der Waals surface area contributed by atoms with Crippen LogP contribution in [-0.2, 0) is 0 Å². The van der Waals surface area contributed by atoms with Crippen LogP contribution in [0.2, 0.25) is 0 Å². The number of nitrogens with zero attached hydrogens (tertiary/aromatic N) is 3. The first-order chi connectivity index (χ1) is 10.0. The molecule has 0 amide bonds. The number of thioether (sulfide) groups is 1. The third kappa shape index (κ3) is 3.98. The normalized spacial score (nSPS) is 14.5.